The Morgan fingerprint density at radius 1 is 1.48 bits per heavy atom. The van der Waals surface area contributed by atoms with Gasteiger partial charge in [-0.3, -0.25) is 4.79 Å². The molecule has 2 aromatic heterocycles. The molecule has 0 spiro atoms. The molecule has 0 bridgehead atoms. The van der Waals surface area contributed by atoms with Crippen LogP contribution in [0.4, 0.5) is 0 Å². The van der Waals surface area contributed by atoms with Gasteiger partial charge in [-0.15, -0.1) is 0 Å². The van der Waals surface area contributed by atoms with Gasteiger partial charge in [0, 0.05) is 44.9 Å². The second kappa shape index (κ2) is 7.87. The highest BCUT2D eigenvalue weighted by Crippen LogP contribution is 2.26. The number of imidazole rings is 1. The van der Waals surface area contributed by atoms with Crippen LogP contribution in [0.15, 0.2) is 23.2 Å². The molecule has 0 aromatic carbocycles. The average Bonchev–Trinajstić information content (AvgIpc) is 3.29. The first-order valence-electron chi connectivity index (χ1n) is 7.98. The summed E-state index contributed by atoms with van der Waals surface area (Å²) in [7, 11) is 0. The zero-order valence-corrected chi connectivity index (χ0v) is 13.0. The van der Waals surface area contributed by atoms with Crippen molar-refractivity contribution in [3.8, 4) is 0 Å². The number of nitrogens with zero attached hydrogens (tertiary/aromatic N) is 4. The van der Waals surface area contributed by atoms with Crippen molar-refractivity contribution < 1.29 is 14.1 Å². The second-order valence-electron chi connectivity index (χ2n) is 5.55. The number of carbonyl (C=O) groups excluding carboxylic acids is 1. The summed E-state index contributed by atoms with van der Waals surface area (Å²) in [6, 6.07) is 0. The molecular formula is C15H21N5O3. The van der Waals surface area contributed by atoms with Crippen molar-refractivity contribution >= 4 is 5.91 Å². The smallest absolute Gasteiger partial charge is 0.255 e. The van der Waals surface area contributed by atoms with Gasteiger partial charge in [0.1, 0.15) is 6.10 Å². The van der Waals surface area contributed by atoms with Crippen molar-refractivity contribution in [2.24, 2.45) is 0 Å². The molecule has 2 aromatic rings. The van der Waals surface area contributed by atoms with E-state index < -0.39 is 0 Å². The largest absolute Gasteiger partial charge is 0.368 e. The van der Waals surface area contributed by atoms with Crippen LogP contribution >= 0.6 is 0 Å². The molecule has 23 heavy (non-hydrogen) atoms. The van der Waals surface area contributed by atoms with Gasteiger partial charge in [0.25, 0.3) is 5.89 Å². The van der Waals surface area contributed by atoms with Crippen LogP contribution in [0.1, 0.15) is 43.5 Å². The minimum Gasteiger partial charge on any atom is -0.368 e. The Hall–Kier alpha value is -2.22. The number of nitrogens with one attached hydrogen (secondary N) is 1. The number of hydrogen-bond acceptors (Lipinski definition) is 6. The van der Waals surface area contributed by atoms with Crippen molar-refractivity contribution in [1.82, 2.24) is 25.0 Å². The molecule has 1 unspecified atom stereocenters. The van der Waals surface area contributed by atoms with Crippen molar-refractivity contribution in [1.29, 1.82) is 0 Å². The lowest BCUT2D eigenvalue weighted by Crippen LogP contribution is -2.25. The number of carbonyl (C=O) groups is 1. The molecule has 3 rings (SSSR count). The highest BCUT2D eigenvalue weighted by Gasteiger charge is 2.23. The molecule has 1 atom stereocenters. The summed E-state index contributed by atoms with van der Waals surface area (Å²) in [4.78, 5) is 20.0. The maximum absolute atomic E-state index is 11.8. The van der Waals surface area contributed by atoms with Crippen molar-refractivity contribution in [2.75, 3.05) is 13.2 Å². The van der Waals surface area contributed by atoms with Crippen LogP contribution in [0.2, 0.25) is 0 Å². The van der Waals surface area contributed by atoms with Gasteiger partial charge >= 0.3 is 0 Å². The fraction of sp³-hybridized carbons (Fsp3) is 0.600. The SMILES string of the molecule is O=C(CCCn1ccnc1)NCCc1noc(C2CCCO2)n1. The number of aromatic nitrogens is 4. The third kappa shape index (κ3) is 4.62. The van der Waals surface area contributed by atoms with Gasteiger partial charge in [-0.2, -0.15) is 4.98 Å². The van der Waals surface area contributed by atoms with Gasteiger partial charge in [-0.1, -0.05) is 5.16 Å². The molecule has 1 fully saturated rings. The third-order valence-electron chi connectivity index (χ3n) is 3.74. The van der Waals surface area contributed by atoms with E-state index in [-0.39, 0.29) is 12.0 Å². The minimum absolute atomic E-state index is 0.0351. The number of rotatable bonds is 8. The summed E-state index contributed by atoms with van der Waals surface area (Å²) in [5.74, 6) is 1.19. The summed E-state index contributed by atoms with van der Waals surface area (Å²) in [5, 5.41) is 6.80. The average molecular weight is 319 g/mol. The van der Waals surface area contributed by atoms with E-state index in [0.29, 0.717) is 31.1 Å². The maximum Gasteiger partial charge on any atom is 0.255 e. The van der Waals surface area contributed by atoms with Crippen molar-refractivity contribution in [3.05, 3.63) is 30.4 Å². The van der Waals surface area contributed by atoms with Crippen LogP contribution in [0.3, 0.4) is 0 Å². The standard InChI is InChI=1S/C15H21N5O3/c21-14(4-1-8-20-9-7-16-11-20)17-6-5-13-18-15(23-19-13)12-3-2-10-22-12/h7,9,11-12H,1-6,8,10H2,(H,17,21). The van der Waals surface area contributed by atoms with E-state index in [9.17, 15) is 4.79 Å². The highest BCUT2D eigenvalue weighted by atomic mass is 16.5. The predicted octanol–water partition coefficient (Wildman–Crippen LogP) is 1.26. The monoisotopic (exact) mass is 319 g/mol. The van der Waals surface area contributed by atoms with Crippen LogP contribution in [0.5, 0.6) is 0 Å². The summed E-state index contributed by atoms with van der Waals surface area (Å²) < 4.78 is 12.7. The number of aryl methyl sites for hydroxylation is 1. The summed E-state index contributed by atoms with van der Waals surface area (Å²) >= 11 is 0. The molecule has 1 aliphatic rings. The number of ether oxygens (including phenoxy) is 1. The van der Waals surface area contributed by atoms with Crippen LogP contribution in [0, 0.1) is 0 Å². The Bertz CT molecular complexity index is 604. The van der Waals surface area contributed by atoms with Crippen LogP contribution in [-0.2, 0) is 22.5 Å². The molecule has 0 aliphatic carbocycles. The molecule has 0 radical (unpaired) electrons. The first-order chi connectivity index (χ1) is 11.3. The highest BCUT2D eigenvalue weighted by molar-refractivity contribution is 5.75. The maximum atomic E-state index is 11.8. The number of amides is 1. The Kier molecular flexibility index (Phi) is 5.36. The Balaban J connectivity index is 1.32. The predicted molar refractivity (Wildman–Crippen MR) is 80.4 cm³/mol. The topological polar surface area (TPSA) is 95.1 Å². The first kappa shape index (κ1) is 15.7. The molecule has 1 saturated heterocycles. The van der Waals surface area contributed by atoms with Gasteiger partial charge in [0.2, 0.25) is 5.91 Å². The second-order valence-corrected chi connectivity index (χ2v) is 5.55. The summed E-state index contributed by atoms with van der Waals surface area (Å²) in [6.45, 7) is 2.05. The number of hydrogen-bond donors (Lipinski definition) is 1. The molecule has 8 nitrogen and oxygen atoms in total. The van der Waals surface area contributed by atoms with E-state index in [2.05, 4.69) is 20.4 Å². The molecule has 8 heteroatoms. The van der Waals surface area contributed by atoms with Crippen LogP contribution in [-0.4, -0.2) is 38.8 Å². The normalized spacial score (nSPS) is 17.5. The Morgan fingerprint density at radius 3 is 3.22 bits per heavy atom. The van der Waals surface area contributed by atoms with Gasteiger partial charge < -0.3 is 19.1 Å². The van der Waals surface area contributed by atoms with E-state index in [1.54, 1.807) is 12.5 Å². The quantitative estimate of drug-likeness (QED) is 0.787. The lowest BCUT2D eigenvalue weighted by molar-refractivity contribution is -0.121. The Morgan fingerprint density at radius 2 is 2.43 bits per heavy atom. The van der Waals surface area contributed by atoms with Crippen molar-refractivity contribution in [2.45, 2.75) is 44.8 Å². The molecule has 0 saturated carbocycles. The van der Waals surface area contributed by atoms with Gasteiger partial charge in [0.15, 0.2) is 5.82 Å². The third-order valence-corrected chi connectivity index (χ3v) is 3.74. The lowest BCUT2D eigenvalue weighted by atomic mass is 10.2. The Labute approximate surface area is 134 Å². The lowest BCUT2D eigenvalue weighted by Gasteiger charge is -2.04. The van der Waals surface area contributed by atoms with E-state index in [1.165, 1.54) is 0 Å². The van der Waals surface area contributed by atoms with Crippen LogP contribution < -0.4 is 5.32 Å². The van der Waals surface area contributed by atoms with E-state index in [0.717, 1.165) is 32.4 Å². The van der Waals surface area contributed by atoms with E-state index in [1.807, 2.05) is 10.8 Å². The zero-order valence-electron chi connectivity index (χ0n) is 13.0. The molecule has 3 heterocycles. The fourth-order valence-electron chi connectivity index (χ4n) is 2.52. The van der Waals surface area contributed by atoms with Gasteiger partial charge in [-0.05, 0) is 19.3 Å². The van der Waals surface area contributed by atoms with Gasteiger partial charge in [-0.25, -0.2) is 4.98 Å². The van der Waals surface area contributed by atoms with Gasteiger partial charge in [0.05, 0.1) is 6.33 Å². The fourth-order valence-corrected chi connectivity index (χ4v) is 2.52. The molecule has 124 valence electrons. The summed E-state index contributed by atoms with van der Waals surface area (Å²) in [6.07, 6.45) is 9.10. The summed E-state index contributed by atoms with van der Waals surface area (Å²) in [5.41, 5.74) is 0. The molecule has 1 aliphatic heterocycles. The minimum atomic E-state index is -0.0611. The van der Waals surface area contributed by atoms with E-state index in [4.69, 9.17) is 9.26 Å². The van der Waals surface area contributed by atoms with E-state index >= 15 is 0 Å². The van der Waals surface area contributed by atoms with Crippen LogP contribution in [0.25, 0.3) is 0 Å². The zero-order chi connectivity index (χ0) is 15.9. The first-order valence-corrected chi connectivity index (χ1v) is 7.98. The molecule has 1 amide bonds. The molecular weight excluding hydrogens is 298 g/mol. The van der Waals surface area contributed by atoms with Crippen molar-refractivity contribution in [3.63, 3.8) is 0 Å². The molecule has 1 N–H and O–H groups in total.